The van der Waals surface area contributed by atoms with Crippen molar-refractivity contribution in [1.29, 1.82) is 0 Å². The summed E-state index contributed by atoms with van der Waals surface area (Å²) in [5.41, 5.74) is 2.20. The molecular formula is C24H39N7O. The minimum absolute atomic E-state index is 0.414. The van der Waals surface area contributed by atoms with Crippen LogP contribution in [-0.2, 0) is 4.74 Å². The summed E-state index contributed by atoms with van der Waals surface area (Å²) in [7, 11) is 1.74. The second-order valence-corrected chi connectivity index (χ2v) is 9.37. The van der Waals surface area contributed by atoms with Gasteiger partial charge in [-0.15, -0.1) is 5.10 Å². The summed E-state index contributed by atoms with van der Waals surface area (Å²) in [4.78, 5) is 9.09. The van der Waals surface area contributed by atoms with Crippen LogP contribution >= 0.6 is 0 Å². The molecule has 0 spiro atoms. The third-order valence-corrected chi connectivity index (χ3v) is 6.25. The lowest BCUT2D eigenvalue weighted by Crippen LogP contribution is -2.32. The molecule has 1 aliphatic carbocycles. The van der Waals surface area contributed by atoms with Crippen molar-refractivity contribution in [2.45, 2.75) is 58.9 Å². The van der Waals surface area contributed by atoms with E-state index in [1.54, 1.807) is 19.5 Å². The van der Waals surface area contributed by atoms with Crippen molar-refractivity contribution in [2.75, 3.05) is 44.0 Å². The van der Waals surface area contributed by atoms with Crippen LogP contribution in [0.5, 0.6) is 0 Å². The van der Waals surface area contributed by atoms with E-state index in [1.807, 2.05) is 12.1 Å². The van der Waals surface area contributed by atoms with E-state index in [1.165, 1.54) is 12.8 Å². The second kappa shape index (κ2) is 12.1. The van der Waals surface area contributed by atoms with E-state index in [9.17, 15) is 0 Å². The summed E-state index contributed by atoms with van der Waals surface area (Å²) in [6.07, 6.45) is 9.52. The molecule has 1 fully saturated rings. The first-order valence-electron chi connectivity index (χ1n) is 11.9. The number of ether oxygens (including phenoxy) is 1. The van der Waals surface area contributed by atoms with Gasteiger partial charge in [-0.25, -0.2) is 9.97 Å². The summed E-state index contributed by atoms with van der Waals surface area (Å²) >= 11 is 0. The molecule has 1 aliphatic rings. The normalized spacial score (nSPS) is 16.4. The van der Waals surface area contributed by atoms with Gasteiger partial charge in [-0.1, -0.05) is 20.8 Å². The molecule has 2 aromatic heterocycles. The topological polar surface area (TPSA) is 96.9 Å². The highest BCUT2D eigenvalue weighted by molar-refractivity contribution is 5.62. The SMILES string of the molecule is CC[C@H](CC[C@@H](C)CNc1nccc(-c2cnnc(NCC3(C)CC3)c2)n1)NCCOC. The molecule has 0 saturated heterocycles. The molecule has 3 rings (SSSR count). The van der Waals surface area contributed by atoms with Crippen LogP contribution in [-0.4, -0.2) is 59.6 Å². The molecule has 2 aromatic rings. The molecular weight excluding hydrogens is 402 g/mol. The summed E-state index contributed by atoms with van der Waals surface area (Å²) < 4.78 is 5.13. The van der Waals surface area contributed by atoms with Crippen molar-refractivity contribution in [3.05, 3.63) is 24.5 Å². The smallest absolute Gasteiger partial charge is 0.223 e. The van der Waals surface area contributed by atoms with Crippen LogP contribution in [0.15, 0.2) is 24.5 Å². The van der Waals surface area contributed by atoms with Gasteiger partial charge in [0.25, 0.3) is 0 Å². The molecule has 8 heteroatoms. The number of anilines is 2. The fraction of sp³-hybridized carbons (Fsp3) is 0.667. The van der Waals surface area contributed by atoms with E-state index in [-0.39, 0.29) is 0 Å². The highest BCUT2D eigenvalue weighted by atomic mass is 16.5. The van der Waals surface area contributed by atoms with Gasteiger partial charge in [-0.2, -0.15) is 5.10 Å². The molecule has 8 nitrogen and oxygen atoms in total. The zero-order valence-corrected chi connectivity index (χ0v) is 20.0. The second-order valence-electron chi connectivity index (χ2n) is 9.37. The first-order valence-corrected chi connectivity index (χ1v) is 11.9. The molecule has 0 aromatic carbocycles. The van der Waals surface area contributed by atoms with Gasteiger partial charge >= 0.3 is 0 Å². The molecule has 0 unspecified atom stereocenters. The van der Waals surface area contributed by atoms with Crippen LogP contribution in [0.1, 0.15) is 52.9 Å². The minimum Gasteiger partial charge on any atom is -0.383 e. The first kappa shape index (κ1) is 24.3. The Bertz CT molecular complexity index is 827. The standard InChI is InChI=1S/C24H39N7O/c1-5-20(25-12-13-32-4)7-6-18(2)15-27-23-26-11-8-21(30-23)19-14-22(31-29-16-19)28-17-24(3)9-10-24/h8,11,14,16,18,20,25H,5-7,9-10,12-13,15,17H2,1-4H3,(H,28,31)(H,26,27,30)/t18-,20-/m1/s1. The van der Waals surface area contributed by atoms with Crippen molar-refractivity contribution in [3.63, 3.8) is 0 Å². The maximum absolute atomic E-state index is 5.13. The lowest BCUT2D eigenvalue weighted by molar-refractivity contribution is 0.194. The van der Waals surface area contributed by atoms with Crippen LogP contribution in [0.25, 0.3) is 11.3 Å². The van der Waals surface area contributed by atoms with Crippen molar-refractivity contribution < 1.29 is 4.74 Å². The molecule has 2 heterocycles. The van der Waals surface area contributed by atoms with Crippen LogP contribution in [0.2, 0.25) is 0 Å². The summed E-state index contributed by atoms with van der Waals surface area (Å²) in [6, 6.07) is 4.46. The van der Waals surface area contributed by atoms with Gasteiger partial charge in [-0.05, 0) is 55.6 Å². The van der Waals surface area contributed by atoms with Crippen LogP contribution in [0.4, 0.5) is 11.8 Å². The molecule has 1 saturated carbocycles. The van der Waals surface area contributed by atoms with Crippen LogP contribution in [0, 0.1) is 11.3 Å². The predicted molar refractivity (Wildman–Crippen MR) is 130 cm³/mol. The van der Waals surface area contributed by atoms with E-state index in [2.05, 4.69) is 51.9 Å². The van der Waals surface area contributed by atoms with Crippen molar-refractivity contribution in [3.8, 4) is 11.3 Å². The first-order chi connectivity index (χ1) is 15.5. The van der Waals surface area contributed by atoms with Crippen molar-refractivity contribution >= 4 is 11.8 Å². The molecule has 0 amide bonds. The zero-order valence-electron chi connectivity index (χ0n) is 20.0. The third-order valence-electron chi connectivity index (χ3n) is 6.25. The van der Waals surface area contributed by atoms with Gasteiger partial charge in [0.15, 0.2) is 0 Å². The summed E-state index contributed by atoms with van der Waals surface area (Å²) in [6.45, 7) is 10.2. The summed E-state index contributed by atoms with van der Waals surface area (Å²) in [5.74, 6) is 1.97. The number of hydrogen-bond donors (Lipinski definition) is 3. The Balaban J connectivity index is 1.48. The third kappa shape index (κ3) is 7.98. The highest BCUT2D eigenvalue weighted by Crippen LogP contribution is 2.44. The Morgan fingerprint density at radius 2 is 2.06 bits per heavy atom. The fourth-order valence-electron chi connectivity index (χ4n) is 3.56. The number of rotatable bonds is 15. The Kier molecular flexibility index (Phi) is 9.17. The molecule has 0 bridgehead atoms. The number of nitrogens with zero attached hydrogens (tertiary/aromatic N) is 4. The van der Waals surface area contributed by atoms with Gasteiger partial charge in [0.1, 0.15) is 5.82 Å². The van der Waals surface area contributed by atoms with E-state index < -0.39 is 0 Å². The van der Waals surface area contributed by atoms with E-state index >= 15 is 0 Å². The average Bonchev–Trinajstić information content (AvgIpc) is 3.56. The largest absolute Gasteiger partial charge is 0.383 e. The lowest BCUT2D eigenvalue weighted by atomic mass is 10.00. The highest BCUT2D eigenvalue weighted by Gasteiger charge is 2.36. The number of nitrogens with one attached hydrogen (secondary N) is 3. The molecule has 0 radical (unpaired) electrons. The van der Waals surface area contributed by atoms with Gasteiger partial charge < -0.3 is 20.7 Å². The number of hydrogen-bond acceptors (Lipinski definition) is 8. The van der Waals surface area contributed by atoms with E-state index in [0.29, 0.717) is 23.3 Å². The maximum Gasteiger partial charge on any atom is 0.223 e. The molecule has 176 valence electrons. The maximum atomic E-state index is 5.13. The Morgan fingerprint density at radius 3 is 2.81 bits per heavy atom. The fourth-order valence-corrected chi connectivity index (χ4v) is 3.56. The van der Waals surface area contributed by atoms with Gasteiger partial charge in [-0.3, -0.25) is 0 Å². The average molecular weight is 442 g/mol. The Hall–Kier alpha value is -2.32. The van der Waals surface area contributed by atoms with Gasteiger partial charge in [0.05, 0.1) is 18.5 Å². The quantitative estimate of drug-likeness (QED) is 0.357. The van der Waals surface area contributed by atoms with E-state index in [0.717, 1.165) is 62.6 Å². The Labute approximate surface area is 192 Å². The lowest BCUT2D eigenvalue weighted by Gasteiger charge is -2.19. The number of methoxy groups -OCH3 is 1. The summed E-state index contributed by atoms with van der Waals surface area (Å²) in [5, 5.41) is 18.7. The monoisotopic (exact) mass is 441 g/mol. The Morgan fingerprint density at radius 1 is 1.22 bits per heavy atom. The van der Waals surface area contributed by atoms with Gasteiger partial charge in [0.2, 0.25) is 5.95 Å². The molecule has 32 heavy (non-hydrogen) atoms. The minimum atomic E-state index is 0.414. The van der Waals surface area contributed by atoms with Crippen molar-refractivity contribution in [2.24, 2.45) is 11.3 Å². The molecule has 0 aliphatic heterocycles. The van der Waals surface area contributed by atoms with E-state index in [4.69, 9.17) is 9.72 Å². The molecule has 2 atom stereocenters. The number of aromatic nitrogens is 4. The molecule has 3 N–H and O–H groups in total. The van der Waals surface area contributed by atoms with Gasteiger partial charge in [0, 0.05) is 44.5 Å². The van der Waals surface area contributed by atoms with Crippen LogP contribution in [0.3, 0.4) is 0 Å². The van der Waals surface area contributed by atoms with Crippen LogP contribution < -0.4 is 16.0 Å². The predicted octanol–water partition coefficient (Wildman–Crippen LogP) is 3.99. The zero-order chi connectivity index (χ0) is 22.8. The van der Waals surface area contributed by atoms with Crippen molar-refractivity contribution in [1.82, 2.24) is 25.5 Å².